The highest BCUT2D eigenvalue weighted by molar-refractivity contribution is 6.29. The van der Waals surface area contributed by atoms with E-state index in [1.54, 1.807) is 0 Å². The molecule has 0 saturated carbocycles. The lowest BCUT2D eigenvalue weighted by atomic mass is 10.1. The van der Waals surface area contributed by atoms with Gasteiger partial charge in [0.05, 0.1) is 16.7 Å². The summed E-state index contributed by atoms with van der Waals surface area (Å²) in [7, 11) is 0. The van der Waals surface area contributed by atoms with E-state index >= 15 is 0 Å². The van der Waals surface area contributed by atoms with Crippen LogP contribution >= 0.6 is 11.6 Å². The first-order valence-corrected chi connectivity index (χ1v) is 5.55. The molecule has 0 aliphatic carbocycles. The molecule has 0 aliphatic rings. The Balaban J connectivity index is 2.65. The van der Waals surface area contributed by atoms with Gasteiger partial charge in [0, 0.05) is 11.6 Å². The van der Waals surface area contributed by atoms with Gasteiger partial charge >= 0.3 is 0 Å². The molecule has 1 heterocycles. The third-order valence-corrected chi connectivity index (χ3v) is 2.73. The number of aryl methyl sites for hydroxylation is 1. The van der Waals surface area contributed by atoms with Crippen LogP contribution in [0.5, 0.6) is 0 Å². The third-order valence-electron chi connectivity index (χ3n) is 2.54. The van der Waals surface area contributed by atoms with E-state index in [2.05, 4.69) is 4.98 Å². The molecular weight excluding hydrogens is 278 g/mol. The second-order valence-corrected chi connectivity index (χ2v) is 4.24. The van der Waals surface area contributed by atoms with Crippen molar-refractivity contribution >= 4 is 17.3 Å². The summed E-state index contributed by atoms with van der Waals surface area (Å²) in [4.78, 5) is 13.8. The minimum absolute atomic E-state index is 0.0874. The Morgan fingerprint density at radius 3 is 2.58 bits per heavy atom. The minimum Gasteiger partial charge on any atom is -0.258 e. The Morgan fingerprint density at radius 1 is 1.26 bits per heavy atom. The summed E-state index contributed by atoms with van der Waals surface area (Å²) in [6, 6.07) is 4.74. The molecule has 2 aromatic rings. The van der Waals surface area contributed by atoms with E-state index in [0.717, 1.165) is 12.1 Å². The maximum absolute atomic E-state index is 13.8. The summed E-state index contributed by atoms with van der Waals surface area (Å²) in [5, 5.41) is 10.5. The zero-order valence-electron chi connectivity index (χ0n) is 9.65. The van der Waals surface area contributed by atoms with Crippen LogP contribution in [0, 0.1) is 28.7 Å². The molecule has 0 spiro atoms. The van der Waals surface area contributed by atoms with Crippen LogP contribution in [0.1, 0.15) is 5.56 Å². The molecule has 0 aliphatic heterocycles. The van der Waals surface area contributed by atoms with Crippen molar-refractivity contribution in [3.8, 4) is 11.3 Å². The molecule has 0 amide bonds. The molecule has 0 fully saturated rings. The summed E-state index contributed by atoms with van der Waals surface area (Å²) < 4.78 is 27.3. The molecule has 4 nitrogen and oxygen atoms in total. The maximum Gasteiger partial charge on any atom is 0.274 e. The molecule has 0 N–H and O–H groups in total. The lowest BCUT2D eigenvalue weighted by molar-refractivity contribution is -0.384. The fraction of sp³-hybridized carbons (Fsp3) is 0.0833. The van der Waals surface area contributed by atoms with Gasteiger partial charge in [0.15, 0.2) is 11.6 Å². The summed E-state index contributed by atoms with van der Waals surface area (Å²) in [5.41, 5.74) is -0.461. The van der Waals surface area contributed by atoms with Crippen molar-refractivity contribution in [3.05, 3.63) is 56.7 Å². The van der Waals surface area contributed by atoms with Crippen LogP contribution in [0.2, 0.25) is 5.15 Å². The lowest BCUT2D eigenvalue weighted by Gasteiger charge is -2.06. The van der Waals surface area contributed by atoms with Crippen LogP contribution in [0.15, 0.2) is 24.3 Å². The Labute approximate surface area is 111 Å². The third kappa shape index (κ3) is 2.53. The molecule has 1 aromatic heterocycles. The monoisotopic (exact) mass is 284 g/mol. The largest absolute Gasteiger partial charge is 0.274 e. The Kier molecular flexibility index (Phi) is 3.44. The number of pyridine rings is 1. The van der Waals surface area contributed by atoms with Crippen molar-refractivity contribution in [3.63, 3.8) is 0 Å². The van der Waals surface area contributed by atoms with Gasteiger partial charge in [-0.3, -0.25) is 10.1 Å². The van der Waals surface area contributed by atoms with Gasteiger partial charge in [0.25, 0.3) is 5.69 Å². The summed E-state index contributed by atoms with van der Waals surface area (Å²) in [6.07, 6.45) is 0. The molecule has 0 bridgehead atoms. The number of hydrogen-bond donors (Lipinski definition) is 0. The highest BCUT2D eigenvalue weighted by atomic mass is 35.5. The van der Waals surface area contributed by atoms with Gasteiger partial charge in [0.1, 0.15) is 5.15 Å². The molecule has 0 unspecified atom stereocenters. The molecule has 0 atom stereocenters. The SMILES string of the molecule is Cc1ccc(-c2cc([N+](=O)[O-])cc(Cl)n2)c(F)c1F. The van der Waals surface area contributed by atoms with Crippen LogP contribution in [0.25, 0.3) is 11.3 Å². The fourth-order valence-corrected chi connectivity index (χ4v) is 1.77. The van der Waals surface area contributed by atoms with E-state index in [1.165, 1.54) is 19.1 Å². The number of nitrogens with zero attached hydrogens (tertiary/aromatic N) is 2. The van der Waals surface area contributed by atoms with Gasteiger partial charge in [-0.15, -0.1) is 0 Å². The van der Waals surface area contributed by atoms with Gasteiger partial charge < -0.3 is 0 Å². The van der Waals surface area contributed by atoms with E-state index in [1.807, 2.05) is 0 Å². The number of halogens is 3. The van der Waals surface area contributed by atoms with Gasteiger partial charge in [-0.25, -0.2) is 13.8 Å². The number of hydrogen-bond acceptors (Lipinski definition) is 3. The normalized spacial score (nSPS) is 10.5. The van der Waals surface area contributed by atoms with Crippen LogP contribution in [-0.2, 0) is 0 Å². The smallest absolute Gasteiger partial charge is 0.258 e. The molecule has 2 rings (SSSR count). The van der Waals surface area contributed by atoms with Crippen molar-refractivity contribution in [2.45, 2.75) is 6.92 Å². The summed E-state index contributed by atoms with van der Waals surface area (Å²) in [6.45, 7) is 1.41. The number of aromatic nitrogens is 1. The Hall–Kier alpha value is -2.08. The molecule has 98 valence electrons. The molecule has 19 heavy (non-hydrogen) atoms. The van der Waals surface area contributed by atoms with E-state index in [-0.39, 0.29) is 27.7 Å². The lowest BCUT2D eigenvalue weighted by Crippen LogP contribution is -1.97. The molecule has 1 aromatic carbocycles. The van der Waals surface area contributed by atoms with E-state index in [9.17, 15) is 18.9 Å². The average Bonchev–Trinajstić information content (AvgIpc) is 2.35. The van der Waals surface area contributed by atoms with Gasteiger partial charge in [-0.05, 0) is 18.6 Å². The average molecular weight is 285 g/mol. The van der Waals surface area contributed by atoms with E-state index in [0.29, 0.717) is 0 Å². The number of rotatable bonds is 2. The zero-order chi connectivity index (χ0) is 14.2. The van der Waals surface area contributed by atoms with E-state index in [4.69, 9.17) is 11.6 Å². The number of benzene rings is 1. The van der Waals surface area contributed by atoms with Gasteiger partial charge in [0.2, 0.25) is 0 Å². The quantitative estimate of drug-likeness (QED) is 0.477. The standard InChI is InChI=1S/C12H7ClF2N2O2/c1-6-2-3-8(12(15)11(6)14)9-4-7(17(18)19)5-10(13)16-9/h2-5H,1H3. The predicted octanol–water partition coefficient (Wildman–Crippen LogP) is 3.90. The van der Waals surface area contributed by atoms with Crippen molar-refractivity contribution in [1.82, 2.24) is 4.98 Å². The molecular formula is C12H7ClF2N2O2. The maximum atomic E-state index is 13.8. The minimum atomic E-state index is -1.11. The molecule has 0 radical (unpaired) electrons. The highest BCUT2D eigenvalue weighted by Crippen LogP contribution is 2.29. The predicted molar refractivity (Wildman–Crippen MR) is 66.0 cm³/mol. The van der Waals surface area contributed by atoms with Crippen LogP contribution in [0.4, 0.5) is 14.5 Å². The topological polar surface area (TPSA) is 56.0 Å². The van der Waals surface area contributed by atoms with Crippen molar-refractivity contribution < 1.29 is 13.7 Å². The van der Waals surface area contributed by atoms with Gasteiger partial charge in [-0.1, -0.05) is 17.7 Å². The Morgan fingerprint density at radius 2 is 1.95 bits per heavy atom. The van der Waals surface area contributed by atoms with Gasteiger partial charge in [-0.2, -0.15) is 0 Å². The molecule has 7 heteroatoms. The second-order valence-electron chi connectivity index (χ2n) is 3.85. The van der Waals surface area contributed by atoms with Crippen LogP contribution < -0.4 is 0 Å². The summed E-state index contributed by atoms with van der Waals surface area (Å²) >= 11 is 5.64. The highest BCUT2D eigenvalue weighted by Gasteiger charge is 2.17. The van der Waals surface area contributed by atoms with Crippen molar-refractivity contribution in [2.75, 3.05) is 0 Å². The second kappa shape index (κ2) is 4.89. The van der Waals surface area contributed by atoms with Crippen LogP contribution in [0.3, 0.4) is 0 Å². The van der Waals surface area contributed by atoms with E-state index < -0.39 is 16.6 Å². The number of nitro groups is 1. The first-order valence-electron chi connectivity index (χ1n) is 5.17. The van der Waals surface area contributed by atoms with Crippen molar-refractivity contribution in [1.29, 1.82) is 0 Å². The Bertz CT molecular complexity index is 677. The van der Waals surface area contributed by atoms with Crippen molar-refractivity contribution in [2.24, 2.45) is 0 Å². The first-order chi connectivity index (χ1) is 8.90. The zero-order valence-corrected chi connectivity index (χ0v) is 10.4. The summed E-state index contributed by atoms with van der Waals surface area (Å²) in [5.74, 6) is -2.12. The first kappa shape index (κ1) is 13.4. The molecule has 0 saturated heterocycles. The fourth-order valence-electron chi connectivity index (χ4n) is 1.57. The van der Waals surface area contributed by atoms with Crippen LogP contribution in [-0.4, -0.2) is 9.91 Å².